The number of carbonyl (C=O) groups is 1. The van der Waals surface area contributed by atoms with Crippen LogP contribution in [0.5, 0.6) is 0 Å². The second-order valence-corrected chi connectivity index (χ2v) is 10.1. The molecule has 4 rings (SSSR count). The fraction of sp³-hybridized carbons (Fsp3) is 0.391. The van der Waals surface area contributed by atoms with Crippen LogP contribution in [-0.2, 0) is 21.1 Å². The summed E-state index contributed by atoms with van der Waals surface area (Å²) in [5.74, 6) is 1.10. The molecule has 1 unspecified atom stereocenters. The van der Waals surface area contributed by atoms with Crippen LogP contribution in [0.2, 0.25) is 0 Å². The number of fused-ring (bicyclic) bond motifs is 1. The maximum atomic E-state index is 13.1. The first-order chi connectivity index (χ1) is 14.5. The summed E-state index contributed by atoms with van der Waals surface area (Å²) in [6.07, 6.45) is 2.16. The van der Waals surface area contributed by atoms with Crippen LogP contribution in [0.4, 0.5) is 0 Å². The van der Waals surface area contributed by atoms with E-state index in [9.17, 15) is 13.2 Å². The summed E-state index contributed by atoms with van der Waals surface area (Å²) in [4.78, 5) is 19.6. The van der Waals surface area contributed by atoms with Crippen molar-refractivity contribution in [1.82, 2.24) is 14.5 Å². The Kier molecular flexibility index (Phi) is 5.90. The monoisotopic (exact) mass is 425 g/mol. The van der Waals surface area contributed by atoms with Gasteiger partial charge in [0.2, 0.25) is 5.91 Å². The lowest BCUT2D eigenvalue weighted by atomic mass is 10.1. The van der Waals surface area contributed by atoms with Crippen molar-refractivity contribution in [2.24, 2.45) is 0 Å². The number of nitrogens with zero attached hydrogens (tertiary/aromatic N) is 3. The van der Waals surface area contributed by atoms with E-state index in [4.69, 9.17) is 4.98 Å². The minimum absolute atomic E-state index is 0.00520. The second kappa shape index (κ2) is 8.60. The normalized spacial score (nSPS) is 18.0. The number of hydrogen-bond donors (Lipinski definition) is 0. The molecule has 1 aliphatic rings. The highest BCUT2D eigenvalue weighted by atomic mass is 32.2. The van der Waals surface area contributed by atoms with Gasteiger partial charge in [0.1, 0.15) is 5.82 Å². The molecule has 3 aromatic rings. The number of carbonyl (C=O) groups excluding carboxylic acids is 1. The fourth-order valence-electron chi connectivity index (χ4n) is 4.24. The van der Waals surface area contributed by atoms with E-state index in [0.717, 1.165) is 29.0 Å². The first kappa shape index (κ1) is 20.6. The molecule has 0 bridgehead atoms. The van der Waals surface area contributed by atoms with Crippen LogP contribution in [-0.4, -0.2) is 52.9 Å². The van der Waals surface area contributed by atoms with Crippen molar-refractivity contribution in [3.05, 3.63) is 60.4 Å². The van der Waals surface area contributed by atoms with Gasteiger partial charge in [0.15, 0.2) is 9.84 Å². The van der Waals surface area contributed by atoms with Crippen LogP contribution in [0.25, 0.3) is 16.7 Å². The summed E-state index contributed by atoms with van der Waals surface area (Å²) in [7, 11) is -3.03. The Hall–Kier alpha value is -2.67. The number of hydrogen-bond acceptors (Lipinski definition) is 4. The third-order valence-corrected chi connectivity index (χ3v) is 7.39. The molecular formula is C23H27N3O3S. The molecular weight excluding hydrogens is 398 g/mol. The van der Waals surface area contributed by atoms with Gasteiger partial charge >= 0.3 is 0 Å². The highest BCUT2D eigenvalue weighted by Gasteiger charge is 2.34. The van der Waals surface area contributed by atoms with Crippen molar-refractivity contribution < 1.29 is 13.2 Å². The average molecular weight is 426 g/mol. The molecule has 0 saturated carbocycles. The van der Waals surface area contributed by atoms with Gasteiger partial charge in [-0.3, -0.25) is 9.36 Å². The summed E-state index contributed by atoms with van der Waals surface area (Å²) in [6.45, 7) is 2.60. The zero-order valence-electron chi connectivity index (χ0n) is 17.2. The number of rotatable bonds is 7. The molecule has 0 aliphatic carbocycles. The van der Waals surface area contributed by atoms with E-state index in [2.05, 4.69) is 4.57 Å². The van der Waals surface area contributed by atoms with Crippen molar-refractivity contribution in [2.45, 2.75) is 38.6 Å². The van der Waals surface area contributed by atoms with Gasteiger partial charge in [0, 0.05) is 31.1 Å². The number of amides is 1. The summed E-state index contributed by atoms with van der Waals surface area (Å²) in [5.41, 5.74) is 2.93. The molecule has 30 heavy (non-hydrogen) atoms. The van der Waals surface area contributed by atoms with Crippen LogP contribution >= 0.6 is 0 Å². The van der Waals surface area contributed by atoms with Crippen molar-refractivity contribution in [3.63, 3.8) is 0 Å². The summed E-state index contributed by atoms with van der Waals surface area (Å²) in [6, 6.07) is 17.8. The molecule has 1 aliphatic heterocycles. The van der Waals surface area contributed by atoms with Crippen LogP contribution < -0.4 is 0 Å². The number of benzene rings is 2. The van der Waals surface area contributed by atoms with Gasteiger partial charge in [-0.05, 0) is 37.1 Å². The second-order valence-electron chi connectivity index (χ2n) is 7.83. The van der Waals surface area contributed by atoms with Crippen molar-refractivity contribution in [2.75, 3.05) is 18.1 Å². The third-order valence-electron chi connectivity index (χ3n) is 5.64. The molecule has 0 spiro atoms. The van der Waals surface area contributed by atoms with Gasteiger partial charge < -0.3 is 4.90 Å². The summed E-state index contributed by atoms with van der Waals surface area (Å²) < 4.78 is 25.9. The van der Waals surface area contributed by atoms with E-state index in [0.29, 0.717) is 25.8 Å². The van der Waals surface area contributed by atoms with E-state index in [-0.39, 0.29) is 23.5 Å². The lowest BCUT2D eigenvalue weighted by Crippen LogP contribution is -2.41. The minimum atomic E-state index is -3.03. The smallest absolute Gasteiger partial charge is 0.223 e. The Morgan fingerprint density at radius 3 is 2.57 bits per heavy atom. The van der Waals surface area contributed by atoms with Gasteiger partial charge in [-0.1, -0.05) is 37.3 Å². The van der Waals surface area contributed by atoms with Crippen molar-refractivity contribution in [3.8, 4) is 5.69 Å². The molecule has 1 amide bonds. The number of aryl methyl sites for hydroxylation is 1. The van der Waals surface area contributed by atoms with Crippen LogP contribution in [0.1, 0.15) is 32.0 Å². The predicted octanol–water partition coefficient (Wildman–Crippen LogP) is 3.38. The SMILES string of the molecule is CCCN(C(=O)CCc1nc2ccccc2n1-c1ccccc1)C1CCS(=O)(=O)C1. The van der Waals surface area contributed by atoms with E-state index >= 15 is 0 Å². The Bertz CT molecular complexity index is 1140. The van der Waals surface area contributed by atoms with Gasteiger partial charge in [-0.2, -0.15) is 0 Å². The average Bonchev–Trinajstić information content (AvgIpc) is 3.30. The minimum Gasteiger partial charge on any atom is -0.339 e. The Morgan fingerprint density at radius 2 is 1.87 bits per heavy atom. The molecule has 1 fully saturated rings. The Balaban J connectivity index is 1.58. The highest BCUT2D eigenvalue weighted by molar-refractivity contribution is 7.91. The molecule has 1 aromatic heterocycles. The van der Waals surface area contributed by atoms with E-state index in [1.54, 1.807) is 4.90 Å². The molecule has 158 valence electrons. The van der Waals surface area contributed by atoms with Crippen LogP contribution in [0.3, 0.4) is 0 Å². The predicted molar refractivity (Wildman–Crippen MR) is 118 cm³/mol. The molecule has 2 aromatic carbocycles. The van der Waals surface area contributed by atoms with E-state index < -0.39 is 9.84 Å². The quantitative estimate of drug-likeness (QED) is 0.582. The molecule has 1 atom stereocenters. The number of aromatic nitrogens is 2. The lowest BCUT2D eigenvalue weighted by molar-refractivity contribution is -0.133. The maximum Gasteiger partial charge on any atom is 0.223 e. The van der Waals surface area contributed by atoms with Crippen molar-refractivity contribution in [1.29, 1.82) is 0 Å². The molecule has 7 heteroatoms. The molecule has 2 heterocycles. The zero-order valence-corrected chi connectivity index (χ0v) is 18.0. The highest BCUT2D eigenvalue weighted by Crippen LogP contribution is 2.23. The standard InChI is InChI=1S/C23H27N3O3S/c1-2-15-25(19-14-16-30(28,29)17-19)23(27)13-12-22-24-20-10-6-7-11-21(20)26(22)18-8-4-3-5-9-18/h3-11,19H,2,12-17H2,1H3. The maximum absolute atomic E-state index is 13.1. The van der Waals surface area contributed by atoms with E-state index in [1.807, 2.05) is 61.5 Å². The Morgan fingerprint density at radius 1 is 1.13 bits per heavy atom. The van der Waals surface area contributed by atoms with Crippen LogP contribution in [0, 0.1) is 0 Å². The topological polar surface area (TPSA) is 72.3 Å². The molecule has 6 nitrogen and oxygen atoms in total. The van der Waals surface area contributed by atoms with Gasteiger partial charge in [0.05, 0.1) is 22.5 Å². The van der Waals surface area contributed by atoms with Gasteiger partial charge in [-0.15, -0.1) is 0 Å². The molecule has 0 N–H and O–H groups in total. The number of imidazole rings is 1. The molecule has 0 radical (unpaired) electrons. The fourth-order valence-corrected chi connectivity index (χ4v) is 5.97. The number of sulfone groups is 1. The van der Waals surface area contributed by atoms with Crippen molar-refractivity contribution >= 4 is 26.8 Å². The first-order valence-corrected chi connectivity index (χ1v) is 12.3. The molecule has 1 saturated heterocycles. The largest absolute Gasteiger partial charge is 0.339 e. The number of para-hydroxylation sites is 3. The summed E-state index contributed by atoms with van der Waals surface area (Å²) >= 11 is 0. The van der Waals surface area contributed by atoms with Crippen LogP contribution in [0.15, 0.2) is 54.6 Å². The first-order valence-electron chi connectivity index (χ1n) is 10.5. The van der Waals surface area contributed by atoms with Gasteiger partial charge in [0.25, 0.3) is 0 Å². The lowest BCUT2D eigenvalue weighted by Gasteiger charge is -2.28. The zero-order chi connectivity index (χ0) is 21.1. The summed E-state index contributed by atoms with van der Waals surface area (Å²) in [5, 5.41) is 0. The van der Waals surface area contributed by atoms with Gasteiger partial charge in [-0.25, -0.2) is 13.4 Å². The third kappa shape index (κ3) is 4.26. The Labute approximate surface area is 177 Å². The van der Waals surface area contributed by atoms with E-state index in [1.165, 1.54) is 0 Å².